The molecule has 2 N–H and O–H groups in total. The third-order valence-electron chi connectivity index (χ3n) is 2.65. The van der Waals surface area contributed by atoms with Crippen LogP contribution in [0.2, 0.25) is 0 Å². The van der Waals surface area contributed by atoms with Crippen LogP contribution in [-0.4, -0.2) is 17.6 Å². The van der Waals surface area contributed by atoms with Crippen LogP contribution in [-0.2, 0) is 0 Å². The predicted molar refractivity (Wildman–Crippen MR) is 74.7 cm³/mol. The van der Waals surface area contributed by atoms with E-state index in [0.717, 1.165) is 12.1 Å². The van der Waals surface area contributed by atoms with Gasteiger partial charge in [0.15, 0.2) is 0 Å². The number of anilines is 1. The Morgan fingerprint density at radius 2 is 1.95 bits per heavy atom. The minimum Gasteiger partial charge on any atom is -0.384 e. The van der Waals surface area contributed by atoms with Gasteiger partial charge in [-0.1, -0.05) is 24.0 Å². The first-order valence-electron chi connectivity index (χ1n) is 6.07. The summed E-state index contributed by atoms with van der Waals surface area (Å²) in [7, 11) is 0. The molecule has 0 aliphatic carbocycles. The number of carbonyl (C=O) groups is 1. The lowest BCUT2D eigenvalue weighted by molar-refractivity contribution is 0.102. The maximum absolute atomic E-state index is 13.5. The van der Waals surface area contributed by atoms with E-state index in [2.05, 4.69) is 17.2 Å². The summed E-state index contributed by atoms with van der Waals surface area (Å²) in [6.45, 7) is -0.311. The third kappa shape index (κ3) is 3.65. The van der Waals surface area contributed by atoms with Gasteiger partial charge in [0.1, 0.15) is 18.2 Å². The molecule has 0 atom stereocenters. The van der Waals surface area contributed by atoms with Gasteiger partial charge in [-0.2, -0.15) is 0 Å². The van der Waals surface area contributed by atoms with Gasteiger partial charge < -0.3 is 10.4 Å². The number of para-hydroxylation sites is 1. The number of benzene rings is 2. The van der Waals surface area contributed by atoms with Gasteiger partial charge in [0.2, 0.25) is 0 Å². The highest BCUT2D eigenvalue weighted by Crippen LogP contribution is 2.17. The molecule has 3 nitrogen and oxygen atoms in total. The number of rotatable bonds is 2. The summed E-state index contributed by atoms with van der Waals surface area (Å²) < 4.78 is 26.4. The quantitative estimate of drug-likeness (QED) is 0.834. The number of hydrogen-bond acceptors (Lipinski definition) is 2. The zero-order chi connectivity index (χ0) is 15.2. The standard InChI is InChI=1S/C16H11F2NO2/c17-12-7-8-13(14(18)10-12)16(21)19-15-6-2-1-4-11(15)5-3-9-20/h1-2,4,6-8,10,20H,9H2,(H,19,21). The van der Waals surface area contributed by atoms with Crippen molar-refractivity contribution < 1.29 is 18.7 Å². The van der Waals surface area contributed by atoms with Crippen molar-refractivity contribution in [3.63, 3.8) is 0 Å². The van der Waals surface area contributed by atoms with E-state index in [9.17, 15) is 13.6 Å². The fourth-order valence-corrected chi connectivity index (χ4v) is 1.70. The number of amides is 1. The zero-order valence-corrected chi connectivity index (χ0v) is 10.9. The summed E-state index contributed by atoms with van der Waals surface area (Å²) >= 11 is 0. The van der Waals surface area contributed by atoms with Gasteiger partial charge in [-0.3, -0.25) is 4.79 Å². The molecule has 0 fully saturated rings. The molecule has 2 rings (SSSR count). The van der Waals surface area contributed by atoms with Crippen LogP contribution in [0.3, 0.4) is 0 Å². The molecule has 2 aromatic rings. The Morgan fingerprint density at radius 3 is 2.67 bits per heavy atom. The van der Waals surface area contributed by atoms with E-state index < -0.39 is 17.5 Å². The Labute approximate surface area is 120 Å². The average Bonchev–Trinajstić information content (AvgIpc) is 2.46. The molecule has 0 saturated heterocycles. The average molecular weight is 287 g/mol. The van der Waals surface area contributed by atoms with Gasteiger partial charge in [-0.15, -0.1) is 0 Å². The van der Waals surface area contributed by atoms with Crippen molar-refractivity contribution in [2.45, 2.75) is 0 Å². The number of hydrogen-bond donors (Lipinski definition) is 2. The van der Waals surface area contributed by atoms with E-state index in [0.29, 0.717) is 17.3 Å². The van der Waals surface area contributed by atoms with E-state index in [4.69, 9.17) is 5.11 Å². The zero-order valence-electron chi connectivity index (χ0n) is 10.9. The maximum Gasteiger partial charge on any atom is 0.258 e. The maximum atomic E-state index is 13.5. The fourth-order valence-electron chi connectivity index (χ4n) is 1.70. The number of aliphatic hydroxyl groups excluding tert-OH is 1. The smallest absolute Gasteiger partial charge is 0.258 e. The molecule has 0 aliphatic rings. The molecule has 2 aromatic carbocycles. The molecular weight excluding hydrogens is 276 g/mol. The lowest BCUT2D eigenvalue weighted by Crippen LogP contribution is -2.14. The molecule has 0 aromatic heterocycles. The molecule has 0 heterocycles. The summed E-state index contributed by atoms with van der Waals surface area (Å²) in [6.07, 6.45) is 0. The van der Waals surface area contributed by atoms with Crippen molar-refractivity contribution in [3.05, 3.63) is 65.2 Å². The van der Waals surface area contributed by atoms with Crippen molar-refractivity contribution in [1.29, 1.82) is 0 Å². The van der Waals surface area contributed by atoms with Crippen LogP contribution in [0.4, 0.5) is 14.5 Å². The molecular formula is C16H11F2NO2. The first-order valence-corrected chi connectivity index (χ1v) is 6.07. The van der Waals surface area contributed by atoms with Gasteiger partial charge in [0.25, 0.3) is 5.91 Å². The summed E-state index contributed by atoms with van der Waals surface area (Å²) in [5.74, 6) is 2.75. The van der Waals surface area contributed by atoms with Gasteiger partial charge in [-0.05, 0) is 24.3 Å². The van der Waals surface area contributed by atoms with Crippen LogP contribution < -0.4 is 5.32 Å². The Hall–Kier alpha value is -2.71. The van der Waals surface area contributed by atoms with Gasteiger partial charge in [-0.25, -0.2) is 8.78 Å². The third-order valence-corrected chi connectivity index (χ3v) is 2.65. The SMILES string of the molecule is O=C(Nc1ccccc1C#CCO)c1ccc(F)cc1F. The van der Waals surface area contributed by atoms with Gasteiger partial charge in [0.05, 0.1) is 11.3 Å². The normalized spacial score (nSPS) is 9.67. The highest BCUT2D eigenvalue weighted by Gasteiger charge is 2.13. The molecule has 106 valence electrons. The minimum atomic E-state index is -0.938. The van der Waals surface area contributed by atoms with Crippen molar-refractivity contribution in [2.24, 2.45) is 0 Å². The minimum absolute atomic E-state index is 0.263. The molecule has 1 amide bonds. The molecule has 21 heavy (non-hydrogen) atoms. The lowest BCUT2D eigenvalue weighted by Gasteiger charge is -2.08. The second-order valence-corrected chi connectivity index (χ2v) is 4.08. The second kappa shape index (κ2) is 6.64. The molecule has 0 saturated carbocycles. The Bertz CT molecular complexity index is 733. The topological polar surface area (TPSA) is 49.3 Å². The number of carbonyl (C=O) groups excluding carboxylic acids is 1. The summed E-state index contributed by atoms with van der Waals surface area (Å²) in [5.41, 5.74) is 0.607. The van der Waals surface area contributed by atoms with Crippen molar-refractivity contribution in [3.8, 4) is 11.8 Å². The van der Waals surface area contributed by atoms with Crippen LogP contribution in [0.15, 0.2) is 42.5 Å². The Kier molecular flexibility index (Phi) is 4.64. The van der Waals surface area contributed by atoms with E-state index in [1.54, 1.807) is 24.3 Å². The van der Waals surface area contributed by atoms with Gasteiger partial charge in [0, 0.05) is 11.6 Å². The van der Waals surface area contributed by atoms with Crippen molar-refractivity contribution >= 4 is 11.6 Å². The molecule has 0 unspecified atom stereocenters. The number of halogens is 2. The first kappa shape index (κ1) is 14.7. The van der Waals surface area contributed by atoms with Crippen molar-refractivity contribution in [1.82, 2.24) is 0 Å². The molecule has 0 spiro atoms. The van der Waals surface area contributed by atoms with E-state index >= 15 is 0 Å². The largest absolute Gasteiger partial charge is 0.384 e. The highest BCUT2D eigenvalue weighted by molar-refractivity contribution is 6.05. The monoisotopic (exact) mass is 287 g/mol. The van der Waals surface area contributed by atoms with Crippen LogP contribution in [0.1, 0.15) is 15.9 Å². The molecule has 0 radical (unpaired) electrons. The Balaban J connectivity index is 2.27. The highest BCUT2D eigenvalue weighted by atomic mass is 19.1. The molecule has 0 bridgehead atoms. The summed E-state index contributed by atoms with van der Waals surface area (Å²) in [5, 5.41) is 11.2. The van der Waals surface area contributed by atoms with Crippen LogP contribution in [0, 0.1) is 23.5 Å². The molecule has 5 heteroatoms. The number of aliphatic hydroxyl groups is 1. The lowest BCUT2D eigenvalue weighted by atomic mass is 10.1. The van der Waals surface area contributed by atoms with Crippen LogP contribution in [0.5, 0.6) is 0 Å². The van der Waals surface area contributed by atoms with E-state index in [1.807, 2.05) is 0 Å². The van der Waals surface area contributed by atoms with Crippen LogP contribution >= 0.6 is 0 Å². The summed E-state index contributed by atoms with van der Waals surface area (Å²) in [6, 6.07) is 9.38. The second-order valence-electron chi connectivity index (χ2n) is 4.08. The summed E-state index contributed by atoms with van der Waals surface area (Å²) in [4.78, 5) is 12.0. The van der Waals surface area contributed by atoms with E-state index in [-0.39, 0.29) is 12.2 Å². The molecule has 0 aliphatic heterocycles. The van der Waals surface area contributed by atoms with Crippen molar-refractivity contribution in [2.75, 3.05) is 11.9 Å². The Morgan fingerprint density at radius 1 is 1.19 bits per heavy atom. The fraction of sp³-hybridized carbons (Fsp3) is 0.0625. The first-order chi connectivity index (χ1) is 10.1. The van der Waals surface area contributed by atoms with E-state index in [1.165, 1.54) is 0 Å². The van der Waals surface area contributed by atoms with Gasteiger partial charge >= 0.3 is 0 Å². The number of nitrogens with one attached hydrogen (secondary N) is 1. The predicted octanol–water partition coefficient (Wildman–Crippen LogP) is 2.56. The van der Waals surface area contributed by atoms with Crippen LogP contribution in [0.25, 0.3) is 0 Å².